The van der Waals surface area contributed by atoms with E-state index >= 15 is 0 Å². The number of thioether (sulfide) groups is 1. The first kappa shape index (κ1) is 21.6. The largest absolute Gasteiger partial charge is 0.392 e. The topological polar surface area (TPSA) is 98.7 Å². The molecule has 0 aromatic heterocycles. The second kappa shape index (κ2) is 9.63. The zero-order valence-corrected chi connectivity index (χ0v) is 17.6. The van der Waals surface area contributed by atoms with Gasteiger partial charge < -0.3 is 20.6 Å². The molecule has 8 heteroatoms. The molecule has 1 aliphatic carbocycles. The predicted octanol–water partition coefficient (Wildman–Crippen LogP) is 1.65. The minimum absolute atomic E-state index is 0.00440. The monoisotopic (exact) mass is 419 g/mol. The third-order valence-electron chi connectivity index (χ3n) is 5.74. The summed E-state index contributed by atoms with van der Waals surface area (Å²) in [6.45, 7) is 2.11. The van der Waals surface area contributed by atoms with Crippen LogP contribution in [0.5, 0.6) is 0 Å². The van der Waals surface area contributed by atoms with E-state index < -0.39 is 11.6 Å². The Balaban J connectivity index is 1.62. The molecule has 2 aliphatic rings. The molecular weight excluding hydrogens is 390 g/mol. The first-order valence-corrected chi connectivity index (χ1v) is 11.3. The van der Waals surface area contributed by atoms with Crippen molar-refractivity contribution in [2.24, 2.45) is 0 Å². The smallest absolute Gasteiger partial charge is 0.251 e. The summed E-state index contributed by atoms with van der Waals surface area (Å²) in [7, 11) is 0. The van der Waals surface area contributed by atoms with Crippen molar-refractivity contribution in [3.05, 3.63) is 35.4 Å². The molecule has 0 bridgehead atoms. The number of hydrogen-bond donors (Lipinski definition) is 3. The summed E-state index contributed by atoms with van der Waals surface area (Å²) in [5.41, 5.74) is 0.807. The van der Waals surface area contributed by atoms with E-state index in [0.717, 1.165) is 31.2 Å². The maximum absolute atomic E-state index is 13.0. The number of aliphatic hydroxyl groups excluding tert-OH is 1. The van der Waals surface area contributed by atoms with Crippen LogP contribution in [-0.2, 0) is 16.2 Å². The lowest BCUT2D eigenvalue weighted by atomic mass is 9.96. The highest BCUT2D eigenvalue weighted by molar-refractivity contribution is 7.99. The summed E-state index contributed by atoms with van der Waals surface area (Å²) >= 11 is 1.59. The van der Waals surface area contributed by atoms with Crippen molar-refractivity contribution >= 4 is 29.5 Å². The van der Waals surface area contributed by atoms with Crippen molar-refractivity contribution in [2.75, 3.05) is 18.2 Å². The molecule has 1 aromatic carbocycles. The normalized spacial score (nSPS) is 20.5. The number of nitrogens with zero attached hydrogens (tertiary/aromatic N) is 1. The molecule has 3 rings (SSSR count). The third kappa shape index (κ3) is 5.11. The second-order valence-electron chi connectivity index (χ2n) is 7.75. The second-order valence-corrected chi connectivity index (χ2v) is 8.75. The SMILES string of the molecule is CCC(=O)N1CSC[C@H]1C(=O)NC1(CNC(=O)c2ccc(CO)cc2)CCCC1. The van der Waals surface area contributed by atoms with Gasteiger partial charge in [-0.2, -0.15) is 0 Å². The first-order valence-electron chi connectivity index (χ1n) is 10.2. The lowest BCUT2D eigenvalue weighted by molar-refractivity contribution is -0.138. The maximum atomic E-state index is 13.0. The summed E-state index contributed by atoms with van der Waals surface area (Å²) in [4.78, 5) is 39.3. The standard InChI is InChI=1S/C21H29N3O4S/c1-2-18(26)24-14-29-12-17(24)20(28)23-21(9-3-4-10-21)13-22-19(27)16-7-5-15(11-25)6-8-16/h5-8,17,25H,2-4,9-14H2,1H3,(H,22,27)(H,23,28)/t17-/m0/s1. The Morgan fingerprint density at radius 3 is 2.52 bits per heavy atom. The van der Waals surface area contributed by atoms with E-state index in [1.165, 1.54) is 0 Å². The molecule has 0 spiro atoms. The van der Waals surface area contributed by atoms with Gasteiger partial charge in [0.2, 0.25) is 11.8 Å². The van der Waals surface area contributed by atoms with E-state index in [1.54, 1.807) is 47.9 Å². The lowest BCUT2D eigenvalue weighted by Gasteiger charge is -2.33. The minimum atomic E-state index is -0.466. The fourth-order valence-corrected chi connectivity index (χ4v) is 5.14. The highest BCUT2D eigenvalue weighted by Crippen LogP contribution is 2.30. The molecule has 1 atom stereocenters. The Labute approximate surface area is 175 Å². The number of carbonyl (C=O) groups is 3. The summed E-state index contributed by atoms with van der Waals surface area (Å²) in [5, 5.41) is 15.3. The van der Waals surface area contributed by atoms with Crippen LogP contribution >= 0.6 is 11.8 Å². The molecule has 158 valence electrons. The average molecular weight is 420 g/mol. The van der Waals surface area contributed by atoms with Gasteiger partial charge in [-0.25, -0.2) is 0 Å². The predicted molar refractivity (Wildman–Crippen MR) is 112 cm³/mol. The zero-order chi connectivity index (χ0) is 20.9. The van der Waals surface area contributed by atoms with E-state index in [2.05, 4.69) is 10.6 Å². The molecule has 1 aliphatic heterocycles. The molecule has 29 heavy (non-hydrogen) atoms. The summed E-state index contributed by atoms with van der Waals surface area (Å²) in [6, 6.07) is 6.37. The van der Waals surface area contributed by atoms with Crippen LogP contribution in [0.4, 0.5) is 0 Å². The van der Waals surface area contributed by atoms with Crippen LogP contribution in [0.2, 0.25) is 0 Å². The van der Waals surface area contributed by atoms with E-state index in [9.17, 15) is 14.4 Å². The van der Waals surface area contributed by atoms with Crippen molar-refractivity contribution in [1.82, 2.24) is 15.5 Å². The Kier molecular flexibility index (Phi) is 7.18. The number of aliphatic hydroxyl groups is 1. The Morgan fingerprint density at radius 1 is 1.21 bits per heavy atom. The number of hydrogen-bond acceptors (Lipinski definition) is 5. The molecule has 7 nitrogen and oxygen atoms in total. The molecule has 2 fully saturated rings. The third-order valence-corrected chi connectivity index (χ3v) is 6.76. The van der Waals surface area contributed by atoms with Crippen LogP contribution < -0.4 is 10.6 Å². The van der Waals surface area contributed by atoms with Gasteiger partial charge in [-0.15, -0.1) is 11.8 Å². The van der Waals surface area contributed by atoms with Gasteiger partial charge in [-0.05, 0) is 30.5 Å². The van der Waals surface area contributed by atoms with Crippen molar-refractivity contribution in [1.29, 1.82) is 0 Å². The van der Waals surface area contributed by atoms with E-state index in [0.29, 0.717) is 30.2 Å². The molecule has 0 unspecified atom stereocenters. The summed E-state index contributed by atoms with van der Waals surface area (Å²) in [5.74, 6) is 0.833. The molecule has 3 N–H and O–H groups in total. The van der Waals surface area contributed by atoms with Crippen LogP contribution in [0.25, 0.3) is 0 Å². The molecule has 1 aromatic rings. The van der Waals surface area contributed by atoms with E-state index in [4.69, 9.17) is 5.11 Å². The van der Waals surface area contributed by atoms with Crippen LogP contribution in [0.1, 0.15) is 54.9 Å². The van der Waals surface area contributed by atoms with Crippen molar-refractivity contribution in [3.8, 4) is 0 Å². The van der Waals surface area contributed by atoms with Gasteiger partial charge in [0, 0.05) is 24.3 Å². The Hall–Kier alpha value is -2.06. The van der Waals surface area contributed by atoms with E-state index in [-0.39, 0.29) is 24.3 Å². The molecule has 1 heterocycles. The average Bonchev–Trinajstić information content (AvgIpc) is 3.42. The number of amides is 3. The minimum Gasteiger partial charge on any atom is -0.392 e. The van der Waals surface area contributed by atoms with Crippen molar-refractivity contribution < 1.29 is 19.5 Å². The molecule has 0 radical (unpaired) electrons. The van der Waals surface area contributed by atoms with Gasteiger partial charge in [-0.1, -0.05) is 31.9 Å². The van der Waals surface area contributed by atoms with Gasteiger partial charge in [0.05, 0.1) is 18.0 Å². The summed E-state index contributed by atoms with van der Waals surface area (Å²) in [6.07, 6.45) is 4.01. The maximum Gasteiger partial charge on any atom is 0.251 e. The number of nitrogens with one attached hydrogen (secondary N) is 2. The van der Waals surface area contributed by atoms with Gasteiger partial charge in [0.1, 0.15) is 6.04 Å². The number of rotatable bonds is 7. The Bertz CT molecular complexity index is 747. The number of benzene rings is 1. The fourth-order valence-electron chi connectivity index (χ4n) is 3.96. The van der Waals surface area contributed by atoms with Crippen molar-refractivity contribution in [3.63, 3.8) is 0 Å². The van der Waals surface area contributed by atoms with Crippen LogP contribution in [-0.4, -0.2) is 57.5 Å². The molecular formula is C21H29N3O4S. The molecule has 1 saturated heterocycles. The highest BCUT2D eigenvalue weighted by Gasteiger charge is 2.40. The van der Waals surface area contributed by atoms with E-state index in [1.807, 2.05) is 0 Å². The van der Waals surface area contributed by atoms with Gasteiger partial charge in [0.25, 0.3) is 5.91 Å². The van der Waals surface area contributed by atoms with Crippen LogP contribution in [0.15, 0.2) is 24.3 Å². The fraction of sp³-hybridized carbons (Fsp3) is 0.571. The van der Waals surface area contributed by atoms with Crippen LogP contribution in [0.3, 0.4) is 0 Å². The molecule has 3 amide bonds. The zero-order valence-electron chi connectivity index (χ0n) is 16.8. The highest BCUT2D eigenvalue weighted by atomic mass is 32.2. The van der Waals surface area contributed by atoms with Crippen molar-refractivity contribution in [2.45, 2.75) is 57.2 Å². The van der Waals surface area contributed by atoms with Gasteiger partial charge >= 0.3 is 0 Å². The molecule has 1 saturated carbocycles. The lowest BCUT2D eigenvalue weighted by Crippen LogP contribution is -2.58. The van der Waals surface area contributed by atoms with Gasteiger partial charge in [-0.3, -0.25) is 14.4 Å². The number of carbonyl (C=O) groups excluding carboxylic acids is 3. The first-order chi connectivity index (χ1) is 14.0. The quantitative estimate of drug-likeness (QED) is 0.624. The van der Waals surface area contributed by atoms with Gasteiger partial charge in [0.15, 0.2) is 0 Å². The summed E-state index contributed by atoms with van der Waals surface area (Å²) < 4.78 is 0. The van der Waals surface area contributed by atoms with Crippen LogP contribution in [0, 0.1) is 0 Å². The Morgan fingerprint density at radius 2 is 1.90 bits per heavy atom.